The Bertz CT molecular complexity index is 651. The number of fused-ring (bicyclic) bond motifs is 1. The Morgan fingerprint density at radius 3 is 3.10 bits per heavy atom. The average Bonchev–Trinajstić information content (AvgIpc) is 3.00. The van der Waals surface area contributed by atoms with E-state index < -0.39 is 5.97 Å². The van der Waals surface area contributed by atoms with Crippen LogP contribution in [0.3, 0.4) is 0 Å². The van der Waals surface area contributed by atoms with Crippen LogP contribution in [-0.2, 0) is 4.74 Å². The Morgan fingerprint density at radius 2 is 2.33 bits per heavy atom. The summed E-state index contributed by atoms with van der Waals surface area (Å²) in [5, 5.41) is 13.4. The van der Waals surface area contributed by atoms with Crippen molar-refractivity contribution in [1.82, 2.24) is 4.98 Å². The standard InChI is InChI=1S/C16H18N2O3/c19-16(20)13-5-1-4-12-14(7-9-18-15(12)13)17-8-6-11-3-2-10-21-11/h1,4-5,7,9,11H,2-3,6,8,10H2,(H,17,18)(H,19,20)/t11-/m1/s1. The summed E-state index contributed by atoms with van der Waals surface area (Å²) in [5.74, 6) is -0.954. The van der Waals surface area contributed by atoms with Gasteiger partial charge in [0.2, 0.25) is 0 Å². The Balaban J connectivity index is 1.78. The van der Waals surface area contributed by atoms with Gasteiger partial charge in [0.1, 0.15) is 0 Å². The van der Waals surface area contributed by atoms with E-state index in [1.807, 2.05) is 12.1 Å². The SMILES string of the molecule is O=C(O)c1cccc2c(NCC[C@H]3CCCO3)ccnc12. The van der Waals surface area contributed by atoms with Crippen molar-refractivity contribution < 1.29 is 14.6 Å². The van der Waals surface area contributed by atoms with Gasteiger partial charge >= 0.3 is 5.97 Å². The molecule has 110 valence electrons. The highest BCUT2D eigenvalue weighted by molar-refractivity contribution is 6.05. The van der Waals surface area contributed by atoms with Crippen molar-refractivity contribution in [2.24, 2.45) is 0 Å². The number of aromatic nitrogens is 1. The number of carbonyl (C=O) groups is 1. The fourth-order valence-corrected chi connectivity index (χ4v) is 2.74. The summed E-state index contributed by atoms with van der Waals surface area (Å²) >= 11 is 0. The number of nitrogens with zero attached hydrogens (tertiary/aromatic N) is 1. The zero-order valence-electron chi connectivity index (χ0n) is 11.7. The molecular formula is C16H18N2O3. The summed E-state index contributed by atoms with van der Waals surface area (Å²) in [4.78, 5) is 15.4. The number of anilines is 1. The minimum atomic E-state index is -0.954. The molecule has 5 heteroatoms. The van der Waals surface area contributed by atoms with E-state index in [-0.39, 0.29) is 5.56 Å². The van der Waals surface area contributed by atoms with E-state index in [0.717, 1.165) is 43.5 Å². The van der Waals surface area contributed by atoms with Gasteiger partial charge in [-0.25, -0.2) is 4.79 Å². The number of carboxylic acids is 1. The first-order valence-electron chi connectivity index (χ1n) is 7.22. The van der Waals surface area contributed by atoms with Gasteiger partial charge in [-0.3, -0.25) is 4.98 Å². The fourth-order valence-electron chi connectivity index (χ4n) is 2.74. The normalized spacial score (nSPS) is 18.0. The Morgan fingerprint density at radius 1 is 1.43 bits per heavy atom. The maximum Gasteiger partial charge on any atom is 0.337 e. The zero-order valence-corrected chi connectivity index (χ0v) is 11.7. The highest BCUT2D eigenvalue weighted by Gasteiger charge is 2.15. The topological polar surface area (TPSA) is 71.5 Å². The number of nitrogens with one attached hydrogen (secondary N) is 1. The summed E-state index contributed by atoms with van der Waals surface area (Å²) in [5.41, 5.74) is 1.67. The quantitative estimate of drug-likeness (QED) is 0.884. The van der Waals surface area contributed by atoms with Crippen molar-refractivity contribution >= 4 is 22.6 Å². The molecule has 1 fully saturated rings. The second-order valence-corrected chi connectivity index (χ2v) is 5.22. The van der Waals surface area contributed by atoms with Crippen LogP contribution in [0.4, 0.5) is 5.69 Å². The van der Waals surface area contributed by atoms with Crippen LogP contribution in [0.25, 0.3) is 10.9 Å². The molecule has 0 unspecified atom stereocenters. The second kappa shape index (κ2) is 6.10. The van der Waals surface area contributed by atoms with E-state index in [0.29, 0.717) is 11.6 Å². The van der Waals surface area contributed by atoms with Gasteiger partial charge in [0.25, 0.3) is 0 Å². The summed E-state index contributed by atoms with van der Waals surface area (Å²) in [7, 11) is 0. The number of aromatic carboxylic acids is 1. The highest BCUT2D eigenvalue weighted by atomic mass is 16.5. The number of hydrogen-bond acceptors (Lipinski definition) is 4. The third-order valence-electron chi connectivity index (χ3n) is 3.81. The molecule has 3 rings (SSSR count). The molecule has 1 aliphatic rings. The number of pyridine rings is 1. The largest absolute Gasteiger partial charge is 0.478 e. The third-order valence-corrected chi connectivity index (χ3v) is 3.81. The molecule has 1 saturated heterocycles. The lowest BCUT2D eigenvalue weighted by Crippen LogP contribution is -2.12. The van der Waals surface area contributed by atoms with Gasteiger partial charge in [-0.15, -0.1) is 0 Å². The minimum Gasteiger partial charge on any atom is -0.478 e. The maximum absolute atomic E-state index is 11.2. The smallest absolute Gasteiger partial charge is 0.337 e. The van der Waals surface area contributed by atoms with Crippen molar-refractivity contribution in [3.8, 4) is 0 Å². The number of para-hydroxylation sites is 1. The molecule has 0 aliphatic carbocycles. The molecule has 1 aliphatic heterocycles. The first-order chi connectivity index (χ1) is 10.3. The minimum absolute atomic E-state index is 0.232. The van der Waals surface area contributed by atoms with Gasteiger partial charge in [-0.2, -0.15) is 0 Å². The molecule has 21 heavy (non-hydrogen) atoms. The molecule has 0 saturated carbocycles. The number of benzene rings is 1. The van der Waals surface area contributed by atoms with Crippen molar-refractivity contribution in [2.45, 2.75) is 25.4 Å². The first kappa shape index (κ1) is 13.8. The maximum atomic E-state index is 11.2. The lowest BCUT2D eigenvalue weighted by Gasteiger charge is -2.13. The molecule has 2 N–H and O–H groups in total. The average molecular weight is 286 g/mol. The summed E-state index contributed by atoms with van der Waals surface area (Å²) < 4.78 is 5.60. The second-order valence-electron chi connectivity index (χ2n) is 5.22. The molecular weight excluding hydrogens is 268 g/mol. The Labute approximate surface area is 123 Å². The molecule has 5 nitrogen and oxygen atoms in total. The van der Waals surface area contributed by atoms with E-state index in [1.165, 1.54) is 0 Å². The monoisotopic (exact) mass is 286 g/mol. The first-order valence-corrected chi connectivity index (χ1v) is 7.22. The summed E-state index contributed by atoms with van der Waals surface area (Å²) in [6, 6.07) is 7.10. The van der Waals surface area contributed by atoms with Gasteiger partial charge in [0.05, 0.1) is 17.2 Å². The number of ether oxygens (including phenoxy) is 1. The molecule has 0 bridgehead atoms. The lowest BCUT2D eigenvalue weighted by atomic mass is 10.1. The van der Waals surface area contributed by atoms with Crippen LogP contribution in [-0.4, -0.2) is 35.3 Å². The van der Waals surface area contributed by atoms with E-state index in [1.54, 1.807) is 18.3 Å². The molecule has 2 aromatic rings. The van der Waals surface area contributed by atoms with Crippen LogP contribution in [0.1, 0.15) is 29.6 Å². The van der Waals surface area contributed by atoms with Gasteiger partial charge in [-0.1, -0.05) is 12.1 Å². The molecule has 1 aromatic heterocycles. The fraction of sp³-hybridized carbons (Fsp3) is 0.375. The predicted molar refractivity (Wildman–Crippen MR) is 80.8 cm³/mol. The molecule has 1 aromatic carbocycles. The number of carboxylic acid groups (broad SMARTS) is 1. The summed E-state index contributed by atoms with van der Waals surface area (Å²) in [6.45, 7) is 1.67. The summed E-state index contributed by atoms with van der Waals surface area (Å²) in [6.07, 6.45) is 5.22. The molecule has 0 amide bonds. The Kier molecular flexibility index (Phi) is 4.01. The number of hydrogen-bond donors (Lipinski definition) is 2. The van der Waals surface area contributed by atoms with Crippen LogP contribution in [0.2, 0.25) is 0 Å². The van der Waals surface area contributed by atoms with Crippen LogP contribution < -0.4 is 5.32 Å². The molecule has 0 radical (unpaired) electrons. The molecule has 0 spiro atoms. The van der Waals surface area contributed by atoms with E-state index in [9.17, 15) is 9.90 Å². The van der Waals surface area contributed by atoms with Crippen molar-refractivity contribution in [3.63, 3.8) is 0 Å². The van der Waals surface area contributed by atoms with Gasteiger partial charge in [-0.05, 0) is 31.4 Å². The van der Waals surface area contributed by atoms with Crippen molar-refractivity contribution in [2.75, 3.05) is 18.5 Å². The molecule has 2 heterocycles. The van der Waals surface area contributed by atoms with Gasteiger partial charge in [0.15, 0.2) is 0 Å². The highest BCUT2D eigenvalue weighted by Crippen LogP contribution is 2.24. The third kappa shape index (κ3) is 2.97. The molecule has 1 atom stereocenters. The van der Waals surface area contributed by atoms with Crippen molar-refractivity contribution in [3.05, 3.63) is 36.0 Å². The van der Waals surface area contributed by atoms with E-state index >= 15 is 0 Å². The van der Waals surface area contributed by atoms with E-state index in [2.05, 4.69) is 10.3 Å². The number of rotatable bonds is 5. The predicted octanol–water partition coefficient (Wildman–Crippen LogP) is 2.91. The van der Waals surface area contributed by atoms with Crippen molar-refractivity contribution in [1.29, 1.82) is 0 Å². The van der Waals surface area contributed by atoms with E-state index in [4.69, 9.17) is 4.74 Å². The van der Waals surface area contributed by atoms with Crippen LogP contribution in [0.15, 0.2) is 30.5 Å². The van der Waals surface area contributed by atoms with Crippen LogP contribution >= 0.6 is 0 Å². The van der Waals surface area contributed by atoms with Gasteiger partial charge < -0.3 is 15.2 Å². The Hall–Kier alpha value is -2.14. The zero-order chi connectivity index (χ0) is 14.7. The van der Waals surface area contributed by atoms with Crippen LogP contribution in [0.5, 0.6) is 0 Å². The lowest BCUT2D eigenvalue weighted by molar-refractivity contribution is 0.0699. The van der Waals surface area contributed by atoms with Gasteiger partial charge in [0, 0.05) is 30.4 Å². The van der Waals surface area contributed by atoms with Crippen LogP contribution in [0, 0.1) is 0 Å².